The Morgan fingerprint density at radius 2 is 1.97 bits per heavy atom. The van der Waals surface area contributed by atoms with Gasteiger partial charge in [-0.15, -0.1) is 10.2 Å². The molecule has 2 atom stereocenters. The van der Waals surface area contributed by atoms with Crippen LogP contribution in [0.3, 0.4) is 0 Å². The van der Waals surface area contributed by atoms with E-state index in [0.717, 1.165) is 29.7 Å². The van der Waals surface area contributed by atoms with Crippen molar-refractivity contribution in [3.8, 4) is 5.75 Å². The topological polar surface area (TPSA) is 99.2 Å². The van der Waals surface area contributed by atoms with Crippen LogP contribution in [0.4, 0.5) is 0 Å². The minimum atomic E-state index is -0.717. The quantitative estimate of drug-likeness (QED) is 0.446. The van der Waals surface area contributed by atoms with Gasteiger partial charge in [0.1, 0.15) is 5.75 Å². The van der Waals surface area contributed by atoms with Crippen LogP contribution < -0.4 is 4.74 Å². The fourth-order valence-corrected chi connectivity index (χ4v) is 4.80. The molecule has 1 aliphatic rings. The van der Waals surface area contributed by atoms with E-state index in [-0.39, 0.29) is 18.0 Å². The molecule has 3 aromatic rings. The molecule has 0 aliphatic heterocycles. The maximum atomic E-state index is 12.7. The molecule has 2 unspecified atom stereocenters. The van der Waals surface area contributed by atoms with Crippen molar-refractivity contribution in [2.45, 2.75) is 58.2 Å². The van der Waals surface area contributed by atoms with Crippen molar-refractivity contribution in [3.63, 3.8) is 0 Å². The van der Waals surface area contributed by atoms with Crippen molar-refractivity contribution in [2.75, 3.05) is 14.2 Å². The monoisotopic (exact) mass is 464 g/mol. The summed E-state index contributed by atoms with van der Waals surface area (Å²) in [6.07, 6.45) is 3.25. The number of methoxy groups -OCH3 is 2. The number of rotatable bonds is 10. The average molecular weight is 465 g/mol. The summed E-state index contributed by atoms with van der Waals surface area (Å²) in [6, 6.07) is 14.5. The third kappa shape index (κ3) is 5.12. The zero-order valence-corrected chi connectivity index (χ0v) is 20.2. The molecule has 4 rings (SSSR count). The molecular weight excluding hydrogens is 432 g/mol. The number of tetrazole rings is 1. The molecule has 8 heteroatoms. The summed E-state index contributed by atoms with van der Waals surface area (Å²) in [7, 11) is 3.10. The summed E-state index contributed by atoms with van der Waals surface area (Å²) in [5, 5.41) is 14.3. The summed E-state index contributed by atoms with van der Waals surface area (Å²) in [5.41, 5.74) is 3.99. The van der Waals surface area contributed by atoms with Gasteiger partial charge in [-0.25, -0.2) is 0 Å². The number of carbonyl (C=O) groups is 1. The van der Waals surface area contributed by atoms with E-state index < -0.39 is 5.41 Å². The van der Waals surface area contributed by atoms with Crippen LogP contribution in [-0.4, -0.2) is 40.8 Å². The highest BCUT2D eigenvalue weighted by Gasteiger charge is 2.39. The molecule has 0 bridgehead atoms. The van der Waals surface area contributed by atoms with Crippen LogP contribution in [0.1, 0.15) is 66.8 Å². The van der Waals surface area contributed by atoms with Crippen molar-refractivity contribution in [2.24, 2.45) is 5.41 Å². The maximum absolute atomic E-state index is 12.7. The zero-order valence-electron chi connectivity index (χ0n) is 20.2. The Balaban J connectivity index is 1.55. The minimum absolute atomic E-state index is 0.0242. The van der Waals surface area contributed by atoms with Gasteiger partial charge in [0.15, 0.2) is 5.82 Å². The van der Waals surface area contributed by atoms with Crippen molar-refractivity contribution >= 4 is 5.97 Å². The highest BCUT2D eigenvalue weighted by molar-refractivity contribution is 5.77. The summed E-state index contributed by atoms with van der Waals surface area (Å²) in [5.74, 6) is 1.15. The number of aromatic amines is 1. The normalized spacial score (nSPS) is 16.2. The summed E-state index contributed by atoms with van der Waals surface area (Å²) in [6.45, 7) is 4.41. The number of hydrogen-bond acceptors (Lipinski definition) is 7. The van der Waals surface area contributed by atoms with Crippen LogP contribution in [-0.2, 0) is 33.7 Å². The lowest BCUT2D eigenvalue weighted by Crippen LogP contribution is -2.33. The zero-order chi connectivity index (χ0) is 24.1. The standard InChI is InChI=1S/C26H32N4O4/c1-26(2,25(31)33-4)22(12-14-24-27-29-30-28-24)19-8-7-18-9-13-23(21(18)15-19)34-16-17-5-10-20(32-3)11-6-17/h5-8,10-11,15,22-23H,9,12-14,16H2,1-4H3,(H,27,28,29,30). The van der Waals surface area contributed by atoms with E-state index in [2.05, 4.69) is 38.8 Å². The van der Waals surface area contributed by atoms with Crippen LogP contribution in [0.2, 0.25) is 0 Å². The molecule has 0 saturated heterocycles. The number of nitrogens with one attached hydrogen (secondary N) is 1. The SMILES string of the molecule is COC(=O)C(C)(C)C(CCc1nn[nH]n1)c1ccc2c(c1)C(OCc1ccc(OC)cc1)CC2. The van der Waals surface area contributed by atoms with E-state index in [0.29, 0.717) is 25.3 Å². The van der Waals surface area contributed by atoms with E-state index in [4.69, 9.17) is 14.2 Å². The Morgan fingerprint density at radius 3 is 2.65 bits per heavy atom. The van der Waals surface area contributed by atoms with Crippen LogP contribution in [0.25, 0.3) is 0 Å². The molecule has 0 saturated carbocycles. The van der Waals surface area contributed by atoms with Crippen LogP contribution in [0, 0.1) is 5.41 Å². The van der Waals surface area contributed by atoms with Gasteiger partial charge in [0.05, 0.1) is 32.3 Å². The largest absolute Gasteiger partial charge is 0.497 e. The molecule has 1 aliphatic carbocycles. The Bertz CT molecular complexity index is 1100. The van der Waals surface area contributed by atoms with Crippen LogP contribution in [0.5, 0.6) is 5.75 Å². The van der Waals surface area contributed by atoms with E-state index >= 15 is 0 Å². The molecule has 2 aromatic carbocycles. The molecule has 1 aromatic heterocycles. The lowest BCUT2D eigenvalue weighted by Gasteiger charge is -2.32. The smallest absolute Gasteiger partial charge is 0.311 e. The number of esters is 1. The van der Waals surface area contributed by atoms with Gasteiger partial charge in [0, 0.05) is 6.42 Å². The first-order valence-electron chi connectivity index (χ1n) is 11.6. The van der Waals surface area contributed by atoms with Gasteiger partial charge in [-0.3, -0.25) is 4.79 Å². The van der Waals surface area contributed by atoms with E-state index in [1.165, 1.54) is 18.2 Å². The van der Waals surface area contributed by atoms with Crippen molar-refractivity contribution in [1.82, 2.24) is 20.6 Å². The van der Waals surface area contributed by atoms with Gasteiger partial charge in [0.25, 0.3) is 0 Å². The lowest BCUT2D eigenvalue weighted by molar-refractivity contribution is -0.152. The first-order chi connectivity index (χ1) is 16.4. The Labute approximate surface area is 200 Å². The molecule has 1 heterocycles. The first-order valence-corrected chi connectivity index (χ1v) is 11.6. The number of hydrogen-bond donors (Lipinski definition) is 1. The highest BCUT2D eigenvalue weighted by Crippen LogP contribution is 2.43. The Kier molecular flexibility index (Phi) is 7.26. The van der Waals surface area contributed by atoms with Crippen LogP contribution >= 0.6 is 0 Å². The van der Waals surface area contributed by atoms with Crippen LogP contribution in [0.15, 0.2) is 42.5 Å². The van der Waals surface area contributed by atoms with Gasteiger partial charge < -0.3 is 14.2 Å². The number of carbonyl (C=O) groups excluding carboxylic acids is 1. The van der Waals surface area contributed by atoms with Crippen molar-refractivity contribution < 1.29 is 19.0 Å². The second-order valence-electron chi connectivity index (χ2n) is 9.28. The molecule has 8 nitrogen and oxygen atoms in total. The third-order valence-corrected chi connectivity index (χ3v) is 6.83. The third-order valence-electron chi connectivity index (χ3n) is 6.83. The first kappa shape index (κ1) is 23.9. The van der Waals surface area contributed by atoms with E-state index in [1.54, 1.807) is 7.11 Å². The lowest BCUT2D eigenvalue weighted by atomic mass is 9.72. The minimum Gasteiger partial charge on any atom is -0.497 e. The van der Waals surface area contributed by atoms with Gasteiger partial charge in [-0.05, 0) is 73.4 Å². The Hall–Kier alpha value is -3.26. The number of H-pyrrole nitrogens is 1. The van der Waals surface area contributed by atoms with Gasteiger partial charge in [-0.2, -0.15) is 5.21 Å². The van der Waals surface area contributed by atoms with Crippen molar-refractivity contribution in [1.29, 1.82) is 0 Å². The molecule has 0 radical (unpaired) electrons. The molecule has 34 heavy (non-hydrogen) atoms. The van der Waals surface area contributed by atoms with E-state index in [9.17, 15) is 4.79 Å². The summed E-state index contributed by atoms with van der Waals surface area (Å²) in [4.78, 5) is 12.7. The van der Waals surface area contributed by atoms with Gasteiger partial charge >= 0.3 is 5.97 Å². The maximum Gasteiger partial charge on any atom is 0.311 e. The number of benzene rings is 2. The Morgan fingerprint density at radius 1 is 1.18 bits per heavy atom. The number of fused-ring (bicyclic) bond motifs is 1. The van der Waals surface area contributed by atoms with Gasteiger partial charge in [0.2, 0.25) is 0 Å². The summed E-state index contributed by atoms with van der Waals surface area (Å²) < 4.78 is 16.7. The highest BCUT2D eigenvalue weighted by atomic mass is 16.5. The molecule has 0 spiro atoms. The summed E-state index contributed by atoms with van der Waals surface area (Å²) >= 11 is 0. The van der Waals surface area contributed by atoms with Gasteiger partial charge in [-0.1, -0.05) is 35.5 Å². The second-order valence-corrected chi connectivity index (χ2v) is 9.28. The molecule has 0 fully saturated rings. The second kappa shape index (κ2) is 10.3. The number of aryl methyl sites for hydroxylation is 2. The fourth-order valence-electron chi connectivity index (χ4n) is 4.80. The number of ether oxygens (including phenoxy) is 3. The molecule has 0 amide bonds. The molecule has 180 valence electrons. The number of nitrogens with zero attached hydrogens (tertiary/aromatic N) is 3. The fraction of sp³-hybridized carbons (Fsp3) is 0.462. The number of aromatic nitrogens is 4. The molecule has 1 N–H and O–H groups in total. The predicted molar refractivity (Wildman–Crippen MR) is 126 cm³/mol. The predicted octanol–water partition coefficient (Wildman–Crippen LogP) is 4.33. The average Bonchev–Trinajstić information content (AvgIpc) is 3.52. The van der Waals surface area contributed by atoms with Crippen molar-refractivity contribution in [3.05, 3.63) is 70.5 Å². The van der Waals surface area contributed by atoms with E-state index in [1.807, 2.05) is 38.1 Å². The molecular formula is C26H32N4O4.